The van der Waals surface area contributed by atoms with Crippen molar-refractivity contribution in [2.75, 3.05) is 31.6 Å². The van der Waals surface area contributed by atoms with Crippen LogP contribution in [-0.4, -0.2) is 65.7 Å². The van der Waals surface area contributed by atoms with E-state index in [0.717, 1.165) is 38.9 Å². The molecule has 1 unspecified atom stereocenters. The Hall–Kier alpha value is -1.80. The van der Waals surface area contributed by atoms with Gasteiger partial charge in [-0.3, -0.25) is 9.69 Å². The van der Waals surface area contributed by atoms with Crippen LogP contribution in [0, 0.1) is 29.5 Å². The predicted molar refractivity (Wildman–Crippen MR) is 115 cm³/mol. The summed E-state index contributed by atoms with van der Waals surface area (Å²) in [6, 6.07) is 1.14. The van der Waals surface area contributed by atoms with Crippen molar-refractivity contribution in [3.8, 4) is 0 Å². The van der Waals surface area contributed by atoms with Crippen LogP contribution < -0.4 is 10.6 Å². The van der Waals surface area contributed by atoms with Crippen LogP contribution in [0.1, 0.15) is 44.9 Å². The zero-order valence-corrected chi connectivity index (χ0v) is 18.3. The number of hydrogen-bond acceptors (Lipinski definition) is 6. The first-order chi connectivity index (χ1) is 15.0. The SMILES string of the molecule is CO[C@@H]1CN(c2ncc(F)cn2)CC[C@@H]1C1C[C@H]2CC[C@@H](C1)N2C[C@@H](C(N)=O)C1CC1. The number of primary amides is 1. The smallest absolute Gasteiger partial charge is 0.225 e. The molecule has 2 bridgehead atoms. The van der Waals surface area contributed by atoms with Crippen LogP contribution in [0.3, 0.4) is 0 Å². The number of halogens is 1. The standard InChI is InChI=1S/C23H34FN5O2/c1-31-21-13-28(23-26-10-16(24)11-27-23)7-6-19(21)15-8-17-4-5-18(9-15)29(17)12-20(22(25)30)14-2-3-14/h10-11,14-15,17-21H,2-9,12-13H2,1H3,(H2,25,30)/t15?,17-,18+,19-,20-,21-/m1/s1. The van der Waals surface area contributed by atoms with E-state index in [9.17, 15) is 9.18 Å². The number of ether oxygens (including phenoxy) is 1. The second kappa shape index (κ2) is 8.62. The van der Waals surface area contributed by atoms with Gasteiger partial charge in [0.05, 0.1) is 24.4 Å². The van der Waals surface area contributed by atoms with Crippen LogP contribution in [0.15, 0.2) is 12.4 Å². The average Bonchev–Trinajstić information content (AvgIpc) is 3.58. The molecule has 4 fully saturated rings. The molecule has 4 heterocycles. The molecule has 4 aliphatic rings. The van der Waals surface area contributed by atoms with Gasteiger partial charge in [0.1, 0.15) is 0 Å². The van der Waals surface area contributed by atoms with Crippen molar-refractivity contribution in [2.24, 2.45) is 29.4 Å². The van der Waals surface area contributed by atoms with Gasteiger partial charge in [0.15, 0.2) is 5.82 Å². The molecule has 31 heavy (non-hydrogen) atoms. The Balaban J connectivity index is 1.22. The van der Waals surface area contributed by atoms with Gasteiger partial charge in [0.2, 0.25) is 11.9 Å². The number of aromatic nitrogens is 2. The first-order valence-corrected chi connectivity index (χ1v) is 11.8. The Kier molecular flexibility index (Phi) is 5.86. The number of methoxy groups -OCH3 is 1. The molecule has 0 spiro atoms. The minimum absolute atomic E-state index is 0.0327. The van der Waals surface area contributed by atoms with E-state index in [2.05, 4.69) is 19.8 Å². The number of hydrogen-bond donors (Lipinski definition) is 1. The topological polar surface area (TPSA) is 84.6 Å². The lowest BCUT2D eigenvalue weighted by atomic mass is 9.74. The normalized spacial score (nSPS) is 34.6. The molecule has 3 aliphatic heterocycles. The minimum Gasteiger partial charge on any atom is -0.379 e. The summed E-state index contributed by atoms with van der Waals surface area (Å²) in [5.41, 5.74) is 5.74. The molecule has 0 aromatic carbocycles. The van der Waals surface area contributed by atoms with Crippen LogP contribution in [0.5, 0.6) is 0 Å². The Morgan fingerprint density at radius 2 is 1.87 bits per heavy atom. The number of fused-ring (bicyclic) bond motifs is 2. The highest BCUT2D eigenvalue weighted by atomic mass is 19.1. The molecule has 6 atom stereocenters. The van der Waals surface area contributed by atoms with Crippen LogP contribution in [0.4, 0.5) is 10.3 Å². The number of carbonyl (C=O) groups excluding carboxylic acids is 1. The summed E-state index contributed by atoms with van der Waals surface area (Å²) in [6.45, 7) is 2.47. The van der Waals surface area contributed by atoms with Crippen LogP contribution in [0.25, 0.3) is 0 Å². The van der Waals surface area contributed by atoms with E-state index in [4.69, 9.17) is 10.5 Å². The Bertz CT molecular complexity index is 775. The highest BCUT2D eigenvalue weighted by molar-refractivity contribution is 5.77. The predicted octanol–water partition coefficient (Wildman–Crippen LogP) is 2.21. The summed E-state index contributed by atoms with van der Waals surface area (Å²) >= 11 is 0. The molecule has 1 amide bonds. The van der Waals surface area contributed by atoms with Gasteiger partial charge < -0.3 is 15.4 Å². The van der Waals surface area contributed by atoms with Gasteiger partial charge >= 0.3 is 0 Å². The van der Waals surface area contributed by atoms with E-state index < -0.39 is 5.82 Å². The van der Waals surface area contributed by atoms with Crippen LogP contribution in [0.2, 0.25) is 0 Å². The second-order valence-electron chi connectivity index (χ2n) is 10.0. The highest BCUT2D eigenvalue weighted by Gasteiger charge is 2.47. The molecular weight excluding hydrogens is 397 g/mol. The Morgan fingerprint density at radius 3 is 2.45 bits per heavy atom. The largest absolute Gasteiger partial charge is 0.379 e. The van der Waals surface area contributed by atoms with E-state index in [1.807, 2.05) is 0 Å². The van der Waals surface area contributed by atoms with Crippen LogP contribution >= 0.6 is 0 Å². The zero-order valence-electron chi connectivity index (χ0n) is 18.3. The number of piperidine rings is 2. The number of nitrogens with zero attached hydrogens (tertiary/aromatic N) is 4. The minimum atomic E-state index is -0.413. The van der Waals surface area contributed by atoms with E-state index in [1.165, 1.54) is 38.1 Å². The summed E-state index contributed by atoms with van der Waals surface area (Å²) in [5.74, 6) is 1.76. The third-order valence-corrected chi connectivity index (χ3v) is 8.29. The molecular formula is C23H34FN5O2. The molecule has 5 rings (SSSR count). The fourth-order valence-corrected chi connectivity index (χ4v) is 6.53. The lowest BCUT2D eigenvalue weighted by molar-refractivity contribution is -0.123. The molecule has 1 aliphatic carbocycles. The van der Waals surface area contributed by atoms with E-state index in [-0.39, 0.29) is 17.9 Å². The van der Waals surface area contributed by atoms with Crippen molar-refractivity contribution in [1.29, 1.82) is 0 Å². The van der Waals surface area contributed by atoms with Crippen molar-refractivity contribution in [2.45, 2.75) is 63.1 Å². The third-order valence-electron chi connectivity index (χ3n) is 8.29. The second-order valence-corrected chi connectivity index (χ2v) is 10.0. The number of rotatable bonds is 7. The summed E-state index contributed by atoms with van der Waals surface area (Å²) in [5, 5.41) is 0. The molecule has 1 saturated carbocycles. The van der Waals surface area contributed by atoms with E-state index in [1.54, 1.807) is 7.11 Å². The molecule has 3 saturated heterocycles. The third kappa shape index (κ3) is 4.29. The Morgan fingerprint density at radius 1 is 1.19 bits per heavy atom. The van der Waals surface area contributed by atoms with Gasteiger partial charge in [-0.1, -0.05) is 0 Å². The van der Waals surface area contributed by atoms with Gasteiger partial charge in [0.25, 0.3) is 0 Å². The van der Waals surface area contributed by atoms with Crippen molar-refractivity contribution < 1.29 is 13.9 Å². The maximum absolute atomic E-state index is 13.2. The zero-order chi connectivity index (χ0) is 21.5. The maximum atomic E-state index is 13.2. The number of carbonyl (C=O) groups is 1. The van der Waals surface area contributed by atoms with Gasteiger partial charge in [-0.2, -0.15) is 0 Å². The molecule has 8 heteroatoms. The fourth-order valence-electron chi connectivity index (χ4n) is 6.53. The Labute approximate surface area is 183 Å². The highest BCUT2D eigenvalue weighted by Crippen LogP contribution is 2.46. The van der Waals surface area contributed by atoms with Gasteiger partial charge in [-0.05, 0) is 62.7 Å². The van der Waals surface area contributed by atoms with Crippen molar-refractivity contribution in [1.82, 2.24) is 14.9 Å². The molecule has 0 radical (unpaired) electrons. The molecule has 2 N–H and O–H groups in total. The van der Waals surface area contributed by atoms with E-state index >= 15 is 0 Å². The summed E-state index contributed by atoms with van der Waals surface area (Å²) < 4.78 is 19.1. The van der Waals surface area contributed by atoms with E-state index in [0.29, 0.717) is 35.8 Å². The van der Waals surface area contributed by atoms with Gasteiger partial charge in [0, 0.05) is 38.8 Å². The molecule has 7 nitrogen and oxygen atoms in total. The average molecular weight is 432 g/mol. The number of nitrogens with two attached hydrogens (primary N) is 1. The number of anilines is 1. The van der Waals surface area contributed by atoms with Crippen molar-refractivity contribution in [3.63, 3.8) is 0 Å². The first kappa shape index (κ1) is 21.1. The summed E-state index contributed by atoms with van der Waals surface area (Å²) in [4.78, 5) is 25.0. The monoisotopic (exact) mass is 431 g/mol. The molecule has 1 aromatic heterocycles. The van der Waals surface area contributed by atoms with Gasteiger partial charge in [-0.15, -0.1) is 0 Å². The first-order valence-electron chi connectivity index (χ1n) is 11.8. The van der Waals surface area contributed by atoms with Crippen molar-refractivity contribution >= 4 is 11.9 Å². The molecule has 170 valence electrons. The lowest BCUT2D eigenvalue weighted by Gasteiger charge is -2.47. The quantitative estimate of drug-likeness (QED) is 0.713. The van der Waals surface area contributed by atoms with Gasteiger partial charge in [-0.25, -0.2) is 14.4 Å². The maximum Gasteiger partial charge on any atom is 0.225 e. The summed E-state index contributed by atoms with van der Waals surface area (Å²) in [7, 11) is 1.80. The number of amides is 1. The molecule has 1 aromatic rings. The fraction of sp³-hybridized carbons (Fsp3) is 0.783. The van der Waals surface area contributed by atoms with Crippen LogP contribution in [-0.2, 0) is 9.53 Å². The summed E-state index contributed by atoms with van der Waals surface area (Å²) in [6.07, 6.45) is 10.8. The lowest BCUT2D eigenvalue weighted by Crippen LogP contribution is -2.53. The van der Waals surface area contributed by atoms with Crippen molar-refractivity contribution in [3.05, 3.63) is 18.2 Å².